The molecule has 0 aromatic rings. The standard InChI is InChI=1S/C10H19N3O4/c1-6(7-12-13-9(15)16-7)5-11-8(14)17-10(2,3)4/h6-7,12H,5H2,1-4H3,(H,11,14)(H,13,15). The summed E-state index contributed by atoms with van der Waals surface area (Å²) in [6.07, 6.45) is -1.45. The minimum atomic E-state index is -0.521. The molecular formula is C10H19N3O4. The average molecular weight is 245 g/mol. The summed E-state index contributed by atoms with van der Waals surface area (Å²) >= 11 is 0. The van der Waals surface area contributed by atoms with Gasteiger partial charge in [-0.25, -0.2) is 9.59 Å². The minimum absolute atomic E-state index is 0.0681. The zero-order valence-electron chi connectivity index (χ0n) is 10.5. The van der Waals surface area contributed by atoms with Crippen LogP contribution in [0, 0.1) is 5.92 Å². The van der Waals surface area contributed by atoms with Crippen molar-refractivity contribution < 1.29 is 19.1 Å². The summed E-state index contributed by atoms with van der Waals surface area (Å²) in [5, 5.41) is 2.61. The molecule has 0 radical (unpaired) electrons. The molecule has 98 valence electrons. The second kappa shape index (κ2) is 5.22. The first kappa shape index (κ1) is 13.6. The van der Waals surface area contributed by atoms with E-state index in [0.717, 1.165) is 0 Å². The van der Waals surface area contributed by atoms with Gasteiger partial charge >= 0.3 is 12.2 Å². The number of carbonyl (C=O) groups is 2. The predicted molar refractivity (Wildman–Crippen MR) is 59.9 cm³/mol. The van der Waals surface area contributed by atoms with Crippen LogP contribution in [-0.4, -0.2) is 30.6 Å². The molecule has 1 fully saturated rings. The highest BCUT2D eigenvalue weighted by Crippen LogP contribution is 2.09. The lowest BCUT2D eigenvalue weighted by Crippen LogP contribution is -2.42. The Labute approximate surface area is 100 Å². The largest absolute Gasteiger partial charge is 0.444 e. The van der Waals surface area contributed by atoms with Crippen molar-refractivity contribution >= 4 is 12.2 Å². The van der Waals surface area contributed by atoms with Crippen LogP contribution in [0.2, 0.25) is 0 Å². The lowest BCUT2D eigenvalue weighted by atomic mass is 10.1. The molecule has 0 aliphatic carbocycles. The Hall–Kier alpha value is -1.50. The summed E-state index contributed by atoms with van der Waals surface area (Å²) in [4.78, 5) is 22.1. The molecule has 3 N–H and O–H groups in total. The van der Waals surface area contributed by atoms with E-state index in [1.54, 1.807) is 20.8 Å². The molecule has 7 nitrogen and oxygen atoms in total. The van der Waals surface area contributed by atoms with Crippen molar-refractivity contribution in [3.8, 4) is 0 Å². The molecule has 2 amide bonds. The van der Waals surface area contributed by atoms with Crippen LogP contribution in [0.15, 0.2) is 0 Å². The second-order valence-corrected chi connectivity index (χ2v) is 4.96. The molecule has 2 unspecified atom stereocenters. The maximum absolute atomic E-state index is 11.4. The quantitative estimate of drug-likeness (QED) is 0.681. The lowest BCUT2D eigenvalue weighted by Gasteiger charge is -2.22. The van der Waals surface area contributed by atoms with Crippen LogP contribution in [0.1, 0.15) is 27.7 Å². The van der Waals surface area contributed by atoms with E-state index >= 15 is 0 Å². The Bertz CT molecular complexity index is 300. The van der Waals surface area contributed by atoms with Crippen molar-refractivity contribution in [2.45, 2.75) is 39.5 Å². The molecule has 0 aromatic heterocycles. The van der Waals surface area contributed by atoms with Crippen LogP contribution >= 0.6 is 0 Å². The van der Waals surface area contributed by atoms with Crippen LogP contribution in [0.3, 0.4) is 0 Å². The average Bonchev–Trinajstić information content (AvgIpc) is 2.58. The summed E-state index contributed by atoms with van der Waals surface area (Å²) in [7, 11) is 0. The number of hydrazine groups is 1. The highest BCUT2D eigenvalue weighted by molar-refractivity contribution is 5.68. The van der Waals surface area contributed by atoms with E-state index in [2.05, 4.69) is 16.2 Å². The molecule has 0 aromatic carbocycles. The van der Waals surface area contributed by atoms with E-state index in [4.69, 9.17) is 9.47 Å². The Morgan fingerprint density at radius 3 is 2.71 bits per heavy atom. The van der Waals surface area contributed by atoms with Gasteiger partial charge in [0.25, 0.3) is 0 Å². The molecule has 1 rings (SSSR count). The third-order valence-electron chi connectivity index (χ3n) is 2.03. The molecule has 1 heterocycles. The van der Waals surface area contributed by atoms with Gasteiger partial charge in [-0.3, -0.25) is 5.43 Å². The van der Waals surface area contributed by atoms with E-state index in [0.29, 0.717) is 6.54 Å². The number of ether oxygens (including phenoxy) is 2. The van der Waals surface area contributed by atoms with E-state index in [1.165, 1.54) is 0 Å². The first-order valence-corrected chi connectivity index (χ1v) is 5.47. The van der Waals surface area contributed by atoms with Gasteiger partial charge in [0.15, 0.2) is 6.23 Å². The van der Waals surface area contributed by atoms with Gasteiger partial charge < -0.3 is 14.8 Å². The third kappa shape index (κ3) is 4.90. The number of alkyl carbamates (subject to hydrolysis) is 1. The summed E-state index contributed by atoms with van der Waals surface area (Å²) < 4.78 is 9.98. The van der Waals surface area contributed by atoms with E-state index in [1.807, 2.05) is 6.92 Å². The molecule has 0 bridgehead atoms. The topological polar surface area (TPSA) is 88.7 Å². The number of rotatable bonds is 3. The molecule has 0 saturated carbocycles. The summed E-state index contributed by atoms with van der Waals surface area (Å²) in [6, 6.07) is 0. The minimum Gasteiger partial charge on any atom is -0.444 e. The molecule has 1 saturated heterocycles. The number of hydrogen-bond donors (Lipinski definition) is 3. The highest BCUT2D eigenvalue weighted by Gasteiger charge is 2.28. The van der Waals surface area contributed by atoms with Gasteiger partial charge in [-0.05, 0) is 20.8 Å². The lowest BCUT2D eigenvalue weighted by molar-refractivity contribution is 0.0488. The van der Waals surface area contributed by atoms with Crippen molar-refractivity contribution in [2.75, 3.05) is 6.54 Å². The Balaban J connectivity index is 2.26. The van der Waals surface area contributed by atoms with Gasteiger partial charge in [0.1, 0.15) is 5.60 Å². The summed E-state index contributed by atoms with van der Waals surface area (Å²) in [6.45, 7) is 7.57. The first-order chi connectivity index (χ1) is 7.78. The normalized spacial score (nSPS) is 21.4. The van der Waals surface area contributed by atoms with Crippen molar-refractivity contribution in [1.82, 2.24) is 16.2 Å². The van der Waals surface area contributed by atoms with Gasteiger partial charge in [0.05, 0.1) is 0 Å². The van der Waals surface area contributed by atoms with E-state index in [-0.39, 0.29) is 5.92 Å². The molecule has 1 aliphatic rings. The number of amides is 2. The van der Waals surface area contributed by atoms with Crippen molar-refractivity contribution in [2.24, 2.45) is 5.92 Å². The fourth-order valence-corrected chi connectivity index (χ4v) is 1.23. The van der Waals surface area contributed by atoms with E-state index in [9.17, 15) is 9.59 Å². The van der Waals surface area contributed by atoms with Gasteiger partial charge in [0.2, 0.25) is 0 Å². The van der Waals surface area contributed by atoms with Crippen molar-refractivity contribution in [3.63, 3.8) is 0 Å². The maximum Gasteiger partial charge on any atom is 0.423 e. The fourth-order valence-electron chi connectivity index (χ4n) is 1.23. The highest BCUT2D eigenvalue weighted by atomic mass is 16.6. The number of carbonyl (C=O) groups excluding carboxylic acids is 2. The zero-order chi connectivity index (χ0) is 13.1. The summed E-state index contributed by atoms with van der Waals surface area (Å²) in [5.74, 6) is -0.0681. The van der Waals surface area contributed by atoms with Gasteiger partial charge in [-0.15, -0.1) is 0 Å². The Morgan fingerprint density at radius 2 is 2.24 bits per heavy atom. The SMILES string of the molecule is CC(CNC(=O)OC(C)(C)C)C1NNC(=O)O1. The molecule has 0 spiro atoms. The second-order valence-electron chi connectivity index (χ2n) is 4.96. The van der Waals surface area contributed by atoms with Crippen LogP contribution in [0.25, 0.3) is 0 Å². The smallest absolute Gasteiger partial charge is 0.423 e. The zero-order valence-corrected chi connectivity index (χ0v) is 10.5. The fraction of sp³-hybridized carbons (Fsp3) is 0.800. The third-order valence-corrected chi connectivity index (χ3v) is 2.03. The van der Waals surface area contributed by atoms with Crippen molar-refractivity contribution in [3.05, 3.63) is 0 Å². The molecule has 1 aliphatic heterocycles. The van der Waals surface area contributed by atoms with Crippen LogP contribution in [0.5, 0.6) is 0 Å². The van der Waals surface area contributed by atoms with E-state index < -0.39 is 24.0 Å². The Morgan fingerprint density at radius 1 is 1.59 bits per heavy atom. The first-order valence-electron chi connectivity index (χ1n) is 5.47. The van der Waals surface area contributed by atoms with Crippen molar-refractivity contribution in [1.29, 1.82) is 0 Å². The monoisotopic (exact) mass is 245 g/mol. The number of cyclic esters (lactones) is 1. The van der Waals surface area contributed by atoms with Gasteiger partial charge in [-0.2, -0.15) is 5.43 Å². The number of nitrogens with one attached hydrogen (secondary N) is 3. The summed E-state index contributed by atoms with van der Waals surface area (Å²) in [5.41, 5.74) is 4.46. The van der Waals surface area contributed by atoms with Gasteiger partial charge in [0, 0.05) is 12.5 Å². The van der Waals surface area contributed by atoms with Gasteiger partial charge in [-0.1, -0.05) is 6.92 Å². The molecule has 2 atom stereocenters. The Kier molecular flexibility index (Phi) is 4.17. The molecule has 7 heteroatoms. The maximum atomic E-state index is 11.4. The predicted octanol–water partition coefficient (Wildman–Crippen LogP) is 0.718. The van der Waals surface area contributed by atoms with Crippen LogP contribution < -0.4 is 16.2 Å². The molecular weight excluding hydrogens is 226 g/mol. The van der Waals surface area contributed by atoms with Crippen LogP contribution in [0.4, 0.5) is 9.59 Å². The number of hydrogen-bond acceptors (Lipinski definition) is 5. The van der Waals surface area contributed by atoms with Crippen LogP contribution in [-0.2, 0) is 9.47 Å². The molecule has 17 heavy (non-hydrogen) atoms.